The second-order valence-electron chi connectivity index (χ2n) is 5.06. The van der Waals surface area contributed by atoms with Crippen LogP contribution in [0.3, 0.4) is 0 Å². The second-order valence-corrected chi connectivity index (χ2v) is 5.06. The molecule has 100 valence electrons. The standard InChI is InChI=1S/C18H18N2/c1-13-12-20-10-9-17(13)18(19-2)16-8-7-14-5-3-4-6-15(14)11-16/h3-12,18-19H,1-2H3. The number of pyridine rings is 1. The van der Waals surface area contributed by atoms with Gasteiger partial charge in [0.1, 0.15) is 0 Å². The third-order valence-electron chi connectivity index (χ3n) is 3.77. The molecule has 1 heterocycles. The van der Waals surface area contributed by atoms with Crippen LogP contribution in [0.15, 0.2) is 60.9 Å². The van der Waals surface area contributed by atoms with E-state index in [1.807, 2.05) is 19.4 Å². The van der Waals surface area contributed by atoms with Gasteiger partial charge in [0.15, 0.2) is 0 Å². The topological polar surface area (TPSA) is 24.9 Å². The normalized spacial score (nSPS) is 12.5. The molecule has 0 amide bonds. The van der Waals surface area contributed by atoms with Gasteiger partial charge in [0, 0.05) is 12.4 Å². The minimum absolute atomic E-state index is 0.197. The summed E-state index contributed by atoms with van der Waals surface area (Å²) in [5, 5.41) is 5.96. The van der Waals surface area contributed by atoms with Gasteiger partial charge in [-0.2, -0.15) is 0 Å². The molecule has 0 saturated heterocycles. The third-order valence-corrected chi connectivity index (χ3v) is 3.77. The Morgan fingerprint density at radius 3 is 2.55 bits per heavy atom. The maximum atomic E-state index is 4.18. The van der Waals surface area contributed by atoms with Gasteiger partial charge in [0.25, 0.3) is 0 Å². The second kappa shape index (κ2) is 5.43. The van der Waals surface area contributed by atoms with Crippen LogP contribution in [-0.4, -0.2) is 12.0 Å². The number of rotatable bonds is 3. The van der Waals surface area contributed by atoms with Crippen LogP contribution in [0.5, 0.6) is 0 Å². The molecule has 20 heavy (non-hydrogen) atoms. The summed E-state index contributed by atoms with van der Waals surface area (Å²) in [6, 6.07) is 17.4. The van der Waals surface area contributed by atoms with Gasteiger partial charge in [0.05, 0.1) is 6.04 Å². The van der Waals surface area contributed by atoms with Crippen LogP contribution < -0.4 is 5.32 Å². The third kappa shape index (κ3) is 2.30. The first-order valence-corrected chi connectivity index (χ1v) is 6.86. The molecule has 1 atom stereocenters. The largest absolute Gasteiger partial charge is 0.309 e. The average molecular weight is 262 g/mol. The summed E-state index contributed by atoms with van der Waals surface area (Å²) in [5.41, 5.74) is 3.76. The Hall–Kier alpha value is -2.19. The number of benzene rings is 2. The first-order valence-electron chi connectivity index (χ1n) is 6.86. The van der Waals surface area contributed by atoms with Crippen molar-refractivity contribution in [3.8, 4) is 0 Å². The zero-order chi connectivity index (χ0) is 13.9. The van der Waals surface area contributed by atoms with E-state index in [0.717, 1.165) is 0 Å². The summed E-state index contributed by atoms with van der Waals surface area (Å²) in [5.74, 6) is 0. The van der Waals surface area contributed by atoms with Crippen molar-refractivity contribution in [2.24, 2.45) is 0 Å². The maximum Gasteiger partial charge on any atom is 0.0578 e. The lowest BCUT2D eigenvalue weighted by Gasteiger charge is -2.19. The summed E-state index contributed by atoms with van der Waals surface area (Å²) in [7, 11) is 2.00. The number of nitrogens with zero attached hydrogens (tertiary/aromatic N) is 1. The summed E-state index contributed by atoms with van der Waals surface area (Å²) < 4.78 is 0. The molecule has 0 aliphatic rings. The zero-order valence-electron chi connectivity index (χ0n) is 11.8. The molecule has 3 rings (SSSR count). The number of nitrogens with one attached hydrogen (secondary N) is 1. The van der Waals surface area contributed by atoms with Gasteiger partial charge in [-0.15, -0.1) is 0 Å². The number of hydrogen-bond acceptors (Lipinski definition) is 2. The molecule has 1 N–H and O–H groups in total. The molecule has 0 spiro atoms. The molecule has 0 bridgehead atoms. The maximum absolute atomic E-state index is 4.18. The molecule has 3 aromatic rings. The Balaban J connectivity index is 2.10. The monoisotopic (exact) mass is 262 g/mol. The minimum atomic E-state index is 0.197. The van der Waals surface area contributed by atoms with Crippen molar-refractivity contribution in [3.05, 3.63) is 77.6 Å². The summed E-state index contributed by atoms with van der Waals surface area (Å²) >= 11 is 0. The van der Waals surface area contributed by atoms with Crippen molar-refractivity contribution in [1.29, 1.82) is 0 Å². The lowest BCUT2D eigenvalue weighted by Crippen LogP contribution is -2.18. The van der Waals surface area contributed by atoms with Gasteiger partial charge in [-0.05, 0) is 53.6 Å². The van der Waals surface area contributed by atoms with Gasteiger partial charge in [-0.1, -0.05) is 36.4 Å². The number of aromatic nitrogens is 1. The summed E-state index contributed by atoms with van der Waals surface area (Å²) in [6.07, 6.45) is 3.77. The van der Waals surface area contributed by atoms with Crippen LogP contribution in [0.2, 0.25) is 0 Å². The van der Waals surface area contributed by atoms with Crippen LogP contribution in [-0.2, 0) is 0 Å². The van der Waals surface area contributed by atoms with Crippen molar-refractivity contribution in [2.75, 3.05) is 7.05 Å². The SMILES string of the molecule is CNC(c1ccc2ccccc2c1)c1ccncc1C. The van der Waals surface area contributed by atoms with E-state index in [1.165, 1.54) is 27.5 Å². The molecule has 0 saturated carbocycles. The van der Waals surface area contributed by atoms with E-state index in [-0.39, 0.29) is 6.04 Å². The van der Waals surface area contributed by atoms with Gasteiger partial charge >= 0.3 is 0 Å². The lowest BCUT2D eigenvalue weighted by molar-refractivity contribution is 0.687. The molecular weight excluding hydrogens is 244 g/mol. The fraction of sp³-hybridized carbons (Fsp3) is 0.167. The van der Waals surface area contributed by atoms with Crippen molar-refractivity contribution in [2.45, 2.75) is 13.0 Å². The summed E-state index contributed by atoms with van der Waals surface area (Å²) in [4.78, 5) is 4.18. The first kappa shape index (κ1) is 12.8. The molecule has 2 aromatic carbocycles. The highest BCUT2D eigenvalue weighted by atomic mass is 14.9. The van der Waals surface area contributed by atoms with Crippen LogP contribution in [0.1, 0.15) is 22.7 Å². The van der Waals surface area contributed by atoms with Crippen LogP contribution >= 0.6 is 0 Å². The minimum Gasteiger partial charge on any atom is -0.309 e. The van der Waals surface area contributed by atoms with Gasteiger partial charge < -0.3 is 5.32 Å². The zero-order valence-corrected chi connectivity index (χ0v) is 11.8. The average Bonchev–Trinajstić information content (AvgIpc) is 2.50. The fourth-order valence-corrected chi connectivity index (χ4v) is 2.70. The molecule has 2 heteroatoms. The molecule has 2 nitrogen and oxygen atoms in total. The number of aryl methyl sites for hydroxylation is 1. The molecule has 1 unspecified atom stereocenters. The first-order chi connectivity index (χ1) is 9.79. The molecule has 0 radical (unpaired) electrons. The predicted octanol–water partition coefficient (Wildman–Crippen LogP) is 3.85. The smallest absolute Gasteiger partial charge is 0.0578 e. The molecule has 0 aliphatic heterocycles. The number of fused-ring (bicyclic) bond motifs is 1. The van der Waals surface area contributed by atoms with E-state index in [2.05, 4.69) is 65.8 Å². The predicted molar refractivity (Wildman–Crippen MR) is 83.8 cm³/mol. The lowest BCUT2D eigenvalue weighted by atomic mass is 9.94. The van der Waals surface area contributed by atoms with Crippen molar-refractivity contribution < 1.29 is 0 Å². The highest BCUT2D eigenvalue weighted by molar-refractivity contribution is 5.83. The van der Waals surface area contributed by atoms with Crippen LogP contribution in [0.4, 0.5) is 0 Å². The van der Waals surface area contributed by atoms with Gasteiger partial charge in [0.2, 0.25) is 0 Å². The molecule has 0 aliphatic carbocycles. The van der Waals surface area contributed by atoms with E-state index in [0.29, 0.717) is 0 Å². The van der Waals surface area contributed by atoms with Gasteiger partial charge in [-0.25, -0.2) is 0 Å². The Bertz CT molecular complexity index is 734. The summed E-state index contributed by atoms with van der Waals surface area (Å²) in [6.45, 7) is 2.10. The van der Waals surface area contributed by atoms with Gasteiger partial charge in [-0.3, -0.25) is 4.98 Å². The van der Waals surface area contributed by atoms with E-state index in [9.17, 15) is 0 Å². The van der Waals surface area contributed by atoms with E-state index < -0.39 is 0 Å². The van der Waals surface area contributed by atoms with E-state index in [4.69, 9.17) is 0 Å². The van der Waals surface area contributed by atoms with Crippen molar-refractivity contribution >= 4 is 10.8 Å². The Kier molecular flexibility index (Phi) is 3.48. The number of hydrogen-bond donors (Lipinski definition) is 1. The highest BCUT2D eigenvalue weighted by Gasteiger charge is 2.14. The van der Waals surface area contributed by atoms with Crippen molar-refractivity contribution in [3.63, 3.8) is 0 Å². The molecular formula is C18H18N2. The van der Waals surface area contributed by atoms with Crippen LogP contribution in [0.25, 0.3) is 10.8 Å². The van der Waals surface area contributed by atoms with E-state index in [1.54, 1.807) is 0 Å². The van der Waals surface area contributed by atoms with E-state index >= 15 is 0 Å². The fourth-order valence-electron chi connectivity index (χ4n) is 2.70. The Labute approximate surface area is 119 Å². The Morgan fingerprint density at radius 1 is 1.00 bits per heavy atom. The molecule has 1 aromatic heterocycles. The highest BCUT2D eigenvalue weighted by Crippen LogP contribution is 2.26. The Morgan fingerprint density at radius 2 is 1.80 bits per heavy atom. The van der Waals surface area contributed by atoms with Crippen LogP contribution in [0, 0.1) is 6.92 Å². The molecule has 0 fully saturated rings. The van der Waals surface area contributed by atoms with Crippen molar-refractivity contribution in [1.82, 2.24) is 10.3 Å². The quantitative estimate of drug-likeness (QED) is 0.775.